The lowest BCUT2D eigenvalue weighted by molar-refractivity contribution is 0.298. The van der Waals surface area contributed by atoms with E-state index in [9.17, 15) is 0 Å². The maximum Gasteiger partial charge on any atom is 0.0292 e. The van der Waals surface area contributed by atoms with Crippen molar-refractivity contribution < 1.29 is 0 Å². The largest absolute Gasteiger partial charge is 0.309 e. The molecule has 0 bridgehead atoms. The van der Waals surface area contributed by atoms with E-state index in [0.29, 0.717) is 6.04 Å². The summed E-state index contributed by atoms with van der Waals surface area (Å²) in [6, 6.07) is 7.22. The molecule has 0 fully saturated rings. The summed E-state index contributed by atoms with van der Waals surface area (Å²) in [5.41, 5.74) is 4.09. The SMILES string of the molecule is CCN(CC)CCNC(C)c1cc(C)cc(C)c1. The van der Waals surface area contributed by atoms with E-state index < -0.39 is 0 Å². The first-order valence-electron chi connectivity index (χ1n) is 7.10. The van der Waals surface area contributed by atoms with Crippen molar-refractivity contribution in [1.82, 2.24) is 10.2 Å². The van der Waals surface area contributed by atoms with Gasteiger partial charge in [0.2, 0.25) is 0 Å². The highest BCUT2D eigenvalue weighted by Crippen LogP contribution is 2.16. The summed E-state index contributed by atoms with van der Waals surface area (Å²) in [6.45, 7) is 15.5. The molecule has 1 N–H and O–H groups in total. The zero-order chi connectivity index (χ0) is 13.5. The summed E-state index contributed by atoms with van der Waals surface area (Å²) >= 11 is 0. The zero-order valence-electron chi connectivity index (χ0n) is 12.6. The molecule has 0 saturated heterocycles. The van der Waals surface area contributed by atoms with Gasteiger partial charge in [0.15, 0.2) is 0 Å². The average Bonchev–Trinajstić information content (AvgIpc) is 2.33. The topological polar surface area (TPSA) is 15.3 Å². The van der Waals surface area contributed by atoms with Gasteiger partial charge in [0.25, 0.3) is 0 Å². The normalized spacial score (nSPS) is 13.0. The molecule has 18 heavy (non-hydrogen) atoms. The molecule has 0 aliphatic rings. The Labute approximate surface area is 112 Å². The fourth-order valence-corrected chi connectivity index (χ4v) is 2.36. The molecule has 0 amide bonds. The van der Waals surface area contributed by atoms with E-state index in [4.69, 9.17) is 0 Å². The van der Waals surface area contributed by atoms with Crippen LogP contribution in [0.2, 0.25) is 0 Å². The molecule has 1 aromatic carbocycles. The maximum absolute atomic E-state index is 3.61. The van der Waals surface area contributed by atoms with Crippen LogP contribution < -0.4 is 5.32 Å². The Morgan fingerprint density at radius 1 is 1.06 bits per heavy atom. The molecule has 2 nitrogen and oxygen atoms in total. The van der Waals surface area contributed by atoms with E-state index in [-0.39, 0.29) is 0 Å². The van der Waals surface area contributed by atoms with Crippen molar-refractivity contribution in [1.29, 1.82) is 0 Å². The van der Waals surface area contributed by atoms with Gasteiger partial charge >= 0.3 is 0 Å². The molecule has 0 saturated carbocycles. The molecular formula is C16H28N2. The van der Waals surface area contributed by atoms with Crippen molar-refractivity contribution in [3.05, 3.63) is 34.9 Å². The Kier molecular flexibility index (Phi) is 6.37. The molecule has 0 heterocycles. The van der Waals surface area contributed by atoms with Gasteiger partial charge < -0.3 is 10.2 Å². The molecule has 0 radical (unpaired) electrons. The van der Waals surface area contributed by atoms with Gasteiger partial charge in [-0.2, -0.15) is 0 Å². The lowest BCUT2D eigenvalue weighted by Crippen LogP contribution is -2.33. The van der Waals surface area contributed by atoms with Crippen LogP contribution in [0.5, 0.6) is 0 Å². The van der Waals surface area contributed by atoms with Gasteiger partial charge in [0.05, 0.1) is 0 Å². The molecule has 1 atom stereocenters. The molecule has 0 aliphatic heterocycles. The Morgan fingerprint density at radius 2 is 1.61 bits per heavy atom. The third-order valence-corrected chi connectivity index (χ3v) is 3.52. The molecule has 1 rings (SSSR count). The molecule has 1 aromatic rings. The minimum absolute atomic E-state index is 0.430. The van der Waals surface area contributed by atoms with E-state index >= 15 is 0 Å². The number of hydrogen-bond acceptors (Lipinski definition) is 2. The van der Waals surface area contributed by atoms with Crippen LogP contribution >= 0.6 is 0 Å². The van der Waals surface area contributed by atoms with Crippen LogP contribution in [0.4, 0.5) is 0 Å². The third-order valence-electron chi connectivity index (χ3n) is 3.52. The predicted octanol–water partition coefficient (Wildman–Crippen LogP) is 3.30. The first-order chi connectivity index (χ1) is 8.56. The summed E-state index contributed by atoms with van der Waals surface area (Å²) in [7, 11) is 0. The second kappa shape index (κ2) is 7.55. The van der Waals surface area contributed by atoms with Crippen molar-refractivity contribution in [2.45, 2.75) is 40.7 Å². The average molecular weight is 248 g/mol. The number of nitrogens with one attached hydrogen (secondary N) is 1. The highest BCUT2D eigenvalue weighted by atomic mass is 15.1. The summed E-state index contributed by atoms with van der Waals surface area (Å²) in [5, 5.41) is 3.61. The van der Waals surface area contributed by atoms with Crippen LogP contribution in [0.1, 0.15) is 43.5 Å². The molecule has 0 aliphatic carbocycles. The fourth-order valence-electron chi connectivity index (χ4n) is 2.36. The summed E-state index contributed by atoms with van der Waals surface area (Å²) in [4.78, 5) is 2.45. The van der Waals surface area contributed by atoms with Gasteiger partial charge in [-0.15, -0.1) is 0 Å². The predicted molar refractivity (Wildman–Crippen MR) is 80.1 cm³/mol. The second-order valence-electron chi connectivity index (χ2n) is 5.12. The van der Waals surface area contributed by atoms with Gasteiger partial charge in [-0.3, -0.25) is 0 Å². The van der Waals surface area contributed by atoms with Gasteiger partial charge in [0, 0.05) is 19.1 Å². The lowest BCUT2D eigenvalue weighted by Gasteiger charge is -2.21. The number of aryl methyl sites for hydroxylation is 2. The van der Waals surface area contributed by atoms with Crippen LogP contribution in [-0.2, 0) is 0 Å². The van der Waals surface area contributed by atoms with Crippen molar-refractivity contribution in [3.63, 3.8) is 0 Å². The molecular weight excluding hydrogens is 220 g/mol. The number of likely N-dealkylation sites (N-methyl/N-ethyl adjacent to an activating group) is 1. The molecule has 0 aromatic heterocycles. The van der Waals surface area contributed by atoms with Crippen molar-refractivity contribution in [2.24, 2.45) is 0 Å². The number of benzene rings is 1. The van der Waals surface area contributed by atoms with E-state index in [1.165, 1.54) is 16.7 Å². The summed E-state index contributed by atoms with van der Waals surface area (Å²) < 4.78 is 0. The number of nitrogens with zero attached hydrogens (tertiary/aromatic N) is 1. The first-order valence-corrected chi connectivity index (χ1v) is 7.10. The van der Waals surface area contributed by atoms with Gasteiger partial charge in [-0.1, -0.05) is 43.2 Å². The summed E-state index contributed by atoms with van der Waals surface area (Å²) in [6.07, 6.45) is 0. The zero-order valence-corrected chi connectivity index (χ0v) is 12.6. The van der Waals surface area contributed by atoms with Gasteiger partial charge in [-0.05, 0) is 39.4 Å². The minimum atomic E-state index is 0.430. The molecule has 102 valence electrons. The second-order valence-corrected chi connectivity index (χ2v) is 5.12. The highest BCUT2D eigenvalue weighted by Gasteiger charge is 2.06. The van der Waals surface area contributed by atoms with E-state index in [0.717, 1.165) is 26.2 Å². The van der Waals surface area contributed by atoms with Crippen LogP contribution in [0, 0.1) is 13.8 Å². The summed E-state index contributed by atoms with van der Waals surface area (Å²) in [5.74, 6) is 0. The van der Waals surface area contributed by atoms with Crippen LogP contribution in [-0.4, -0.2) is 31.1 Å². The Morgan fingerprint density at radius 3 is 2.11 bits per heavy atom. The van der Waals surface area contributed by atoms with Gasteiger partial charge in [0.1, 0.15) is 0 Å². The molecule has 1 unspecified atom stereocenters. The van der Waals surface area contributed by atoms with E-state index in [1.54, 1.807) is 0 Å². The third kappa shape index (κ3) is 4.79. The van der Waals surface area contributed by atoms with Crippen molar-refractivity contribution in [3.8, 4) is 0 Å². The smallest absolute Gasteiger partial charge is 0.0292 e. The van der Waals surface area contributed by atoms with Gasteiger partial charge in [-0.25, -0.2) is 0 Å². The monoisotopic (exact) mass is 248 g/mol. The quantitative estimate of drug-likeness (QED) is 0.796. The van der Waals surface area contributed by atoms with E-state index in [2.05, 4.69) is 63.0 Å². The number of rotatable bonds is 7. The Bertz CT molecular complexity index is 336. The lowest BCUT2D eigenvalue weighted by atomic mass is 10.0. The standard InChI is InChI=1S/C16H28N2/c1-6-18(7-2)9-8-17-15(5)16-11-13(3)10-14(4)12-16/h10-12,15,17H,6-9H2,1-5H3. The van der Waals surface area contributed by atoms with E-state index in [1.807, 2.05) is 0 Å². The molecule has 2 heteroatoms. The number of hydrogen-bond donors (Lipinski definition) is 1. The Balaban J connectivity index is 2.47. The minimum Gasteiger partial charge on any atom is -0.309 e. The first kappa shape index (κ1) is 15.2. The van der Waals surface area contributed by atoms with Crippen LogP contribution in [0.25, 0.3) is 0 Å². The highest BCUT2D eigenvalue weighted by molar-refractivity contribution is 5.30. The maximum atomic E-state index is 3.61. The van der Waals surface area contributed by atoms with Crippen LogP contribution in [0.3, 0.4) is 0 Å². The fraction of sp³-hybridized carbons (Fsp3) is 0.625. The molecule has 0 spiro atoms. The van der Waals surface area contributed by atoms with Crippen LogP contribution in [0.15, 0.2) is 18.2 Å². The Hall–Kier alpha value is -0.860. The van der Waals surface area contributed by atoms with Crippen molar-refractivity contribution in [2.75, 3.05) is 26.2 Å². The van der Waals surface area contributed by atoms with Crippen molar-refractivity contribution >= 4 is 0 Å².